The van der Waals surface area contributed by atoms with Crippen LogP contribution >= 0.6 is 15.9 Å². The van der Waals surface area contributed by atoms with Crippen molar-refractivity contribution in [1.29, 1.82) is 0 Å². The van der Waals surface area contributed by atoms with E-state index in [4.69, 9.17) is 0 Å². The number of carbonyl (C=O) groups is 2. The Morgan fingerprint density at radius 1 is 1.21 bits per heavy atom. The third kappa shape index (κ3) is 5.36. The SMILES string of the molecule is CN(CC(=O)Nc1ccccc1Br)C(=O)c1cc([N+](=O)[O-])cc(S(C)(=O)=O)c1. The monoisotopic (exact) mass is 469 g/mol. The Bertz CT molecular complexity index is 1050. The van der Waals surface area contributed by atoms with Gasteiger partial charge in [0.25, 0.3) is 11.6 Å². The van der Waals surface area contributed by atoms with Gasteiger partial charge in [0.05, 0.1) is 22.1 Å². The number of non-ortho nitro benzene ring substituents is 1. The number of para-hydroxylation sites is 1. The van der Waals surface area contributed by atoms with Crippen molar-refractivity contribution in [3.63, 3.8) is 0 Å². The van der Waals surface area contributed by atoms with Gasteiger partial charge in [-0.15, -0.1) is 0 Å². The molecule has 0 saturated carbocycles. The molecule has 2 aromatic rings. The van der Waals surface area contributed by atoms with Crippen molar-refractivity contribution in [2.24, 2.45) is 0 Å². The van der Waals surface area contributed by atoms with Crippen molar-refractivity contribution in [1.82, 2.24) is 4.90 Å². The van der Waals surface area contributed by atoms with Gasteiger partial charge < -0.3 is 10.2 Å². The zero-order valence-electron chi connectivity index (χ0n) is 14.9. The topological polar surface area (TPSA) is 127 Å². The number of hydrogen-bond acceptors (Lipinski definition) is 6. The van der Waals surface area contributed by atoms with Crippen molar-refractivity contribution in [3.05, 3.63) is 62.6 Å². The van der Waals surface area contributed by atoms with Gasteiger partial charge in [0.15, 0.2) is 9.84 Å². The molecule has 28 heavy (non-hydrogen) atoms. The quantitative estimate of drug-likeness (QED) is 0.511. The molecule has 0 aliphatic carbocycles. The third-order valence-electron chi connectivity index (χ3n) is 3.65. The Hall–Kier alpha value is -2.79. The van der Waals surface area contributed by atoms with Gasteiger partial charge in [-0.05, 0) is 34.1 Å². The molecule has 1 N–H and O–H groups in total. The predicted octanol–water partition coefficient (Wildman–Crippen LogP) is 2.47. The number of halogens is 1. The second-order valence-corrected chi connectivity index (χ2v) is 8.80. The minimum absolute atomic E-state index is 0.203. The van der Waals surface area contributed by atoms with Crippen LogP contribution < -0.4 is 5.32 Å². The van der Waals surface area contributed by atoms with Crippen LogP contribution in [0.15, 0.2) is 51.8 Å². The summed E-state index contributed by atoms with van der Waals surface area (Å²) in [5.74, 6) is -1.22. The largest absolute Gasteiger partial charge is 0.332 e. The van der Waals surface area contributed by atoms with Crippen LogP contribution in [0.1, 0.15) is 10.4 Å². The van der Waals surface area contributed by atoms with Gasteiger partial charge in [0.2, 0.25) is 5.91 Å². The molecule has 2 aromatic carbocycles. The lowest BCUT2D eigenvalue weighted by atomic mass is 10.1. The lowest BCUT2D eigenvalue weighted by Gasteiger charge is -2.17. The smallest absolute Gasteiger partial charge is 0.271 e. The number of anilines is 1. The minimum Gasteiger partial charge on any atom is -0.332 e. The van der Waals surface area contributed by atoms with Crippen LogP contribution in [0.2, 0.25) is 0 Å². The van der Waals surface area contributed by atoms with Crippen molar-refractivity contribution in [3.8, 4) is 0 Å². The highest BCUT2D eigenvalue weighted by Crippen LogP contribution is 2.23. The molecule has 9 nitrogen and oxygen atoms in total. The average Bonchev–Trinajstić information content (AvgIpc) is 2.61. The predicted molar refractivity (Wildman–Crippen MR) is 106 cm³/mol. The Labute approximate surface area is 169 Å². The molecule has 0 saturated heterocycles. The first kappa shape index (κ1) is 21.5. The number of likely N-dealkylation sites (N-methyl/N-ethyl adjacent to an activating group) is 1. The summed E-state index contributed by atoms with van der Waals surface area (Å²) in [4.78, 5) is 35.7. The van der Waals surface area contributed by atoms with Crippen molar-refractivity contribution >= 4 is 49.0 Å². The van der Waals surface area contributed by atoms with E-state index in [0.717, 1.165) is 29.4 Å². The van der Waals surface area contributed by atoms with Crippen LogP contribution in [-0.2, 0) is 14.6 Å². The van der Waals surface area contributed by atoms with Gasteiger partial charge in [-0.25, -0.2) is 8.42 Å². The molecule has 0 aliphatic rings. The number of sulfone groups is 1. The van der Waals surface area contributed by atoms with E-state index in [1.54, 1.807) is 24.3 Å². The highest BCUT2D eigenvalue weighted by molar-refractivity contribution is 9.10. The van der Waals surface area contributed by atoms with Crippen LogP contribution in [0.5, 0.6) is 0 Å². The second kappa shape index (κ2) is 8.48. The van der Waals surface area contributed by atoms with Gasteiger partial charge in [0.1, 0.15) is 0 Å². The number of nitro benzene ring substituents is 1. The summed E-state index contributed by atoms with van der Waals surface area (Å²) >= 11 is 3.29. The van der Waals surface area contributed by atoms with Crippen molar-refractivity contribution in [2.75, 3.05) is 25.2 Å². The first-order valence-corrected chi connectivity index (χ1v) is 10.5. The number of nitro groups is 1. The zero-order chi connectivity index (χ0) is 21.1. The van der Waals surface area contributed by atoms with Gasteiger partial charge in [-0.1, -0.05) is 12.1 Å². The minimum atomic E-state index is -3.77. The van der Waals surface area contributed by atoms with Crippen LogP contribution in [0.3, 0.4) is 0 Å². The summed E-state index contributed by atoms with van der Waals surface area (Å²) in [6, 6.07) is 9.81. The fourth-order valence-electron chi connectivity index (χ4n) is 2.29. The van der Waals surface area contributed by atoms with E-state index in [2.05, 4.69) is 21.2 Å². The average molecular weight is 470 g/mol. The summed E-state index contributed by atoms with van der Waals surface area (Å²) < 4.78 is 24.2. The molecule has 2 amide bonds. The number of rotatable bonds is 6. The molecular weight excluding hydrogens is 454 g/mol. The number of benzene rings is 2. The van der Waals surface area contributed by atoms with Gasteiger partial charge in [0, 0.05) is 35.5 Å². The number of carbonyl (C=O) groups excluding carboxylic acids is 2. The van der Waals surface area contributed by atoms with Gasteiger partial charge in [-0.3, -0.25) is 19.7 Å². The summed E-state index contributed by atoms with van der Waals surface area (Å²) in [6.45, 7) is -0.336. The standard InChI is InChI=1S/C17H16BrN3O6S/c1-20(10-16(22)19-15-6-4-3-5-14(15)18)17(23)11-7-12(21(24)25)9-13(8-11)28(2,26)27/h3-9H,10H2,1-2H3,(H,19,22). The number of hydrogen-bond donors (Lipinski definition) is 1. The molecule has 11 heteroatoms. The number of nitrogens with zero attached hydrogens (tertiary/aromatic N) is 2. The van der Waals surface area contributed by atoms with E-state index in [1.165, 1.54) is 7.05 Å². The Balaban J connectivity index is 2.22. The highest BCUT2D eigenvalue weighted by atomic mass is 79.9. The highest BCUT2D eigenvalue weighted by Gasteiger charge is 2.22. The van der Waals surface area contributed by atoms with E-state index in [0.29, 0.717) is 10.2 Å². The maximum atomic E-state index is 12.6. The first-order chi connectivity index (χ1) is 13.0. The van der Waals surface area contributed by atoms with Crippen LogP contribution in [0.4, 0.5) is 11.4 Å². The lowest BCUT2D eigenvalue weighted by Crippen LogP contribution is -2.35. The van der Waals surface area contributed by atoms with Crippen molar-refractivity contribution < 1.29 is 22.9 Å². The molecular formula is C17H16BrN3O6S. The summed E-state index contributed by atoms with van der Waals surface area (Å²) in [7, 11) is -2.43. The molecule has 0 atom stereocenters. The Morgan fingerprint density at radius 2 is 1.86 bits per heavy atom. The van der Waals surface area contributed by atoms with Gasteiger partial charge >= 0.3 is 0 Å². The third-order valence-corrected chi connectivity index (χ3v) is 5.44. The molecule has 0 heterocycles. The van der Waals surface area contributed by atoms with Crippen molar-refractivity contribution in [2.45, 2.75) is 4.90 Å². The molecule has 0 bridgehead atoms. The van der Waals surface area contributed by atoms with Crippen LogP contribution in [0, 0.1) is 10.1 Å². The van der Waals surface area contributed by atoms with Crippen LogP contribution in [-0.4, -0.2) is 49.9 Å². The van der Waals surface area contributed by atoms with Gasteiger partial charge in [-0.2, -0.15) is 0 Å². The fourth-order valence-corrected chi connectivity index (χ4v) is 3.35. The molecule has 0 spiro atoms. The van der Waals surface area contributed by atoms with E-state index in [1.807, 2.05) is 0 Å². The molecule has 0 unspecified atom stereocenters. The maximum Gasteiger partial charge on any atom is 0.271 e. The zero-order valence-corrected chi connectivity index (χ0v) is 17.3. The Kier molecular flexibility index (Phi) is 6.52. The fraction of sp³-hybridized carbons (Fsp3) is 0.176. The lowest BCUT2D eigenvalue weighted by molar-refractivity contribution is -0.385. The van der Waals surface area contributed by atoms with Crippen LogP contribution in [0.25, 0.3) is 0 Å². The summed E-state index contributed by atoms with van der Waals surface area (Å²) in [5.41, 5.74) is -0.216. The molecule has 2 rings (SSSR count). The normalized spacial score (nSPS) is 11.0. The number of amides is 2. The van der Waals surface area contributed by atoms with E-state index in [9.17, 15) is 28.1 Å². The summed E-state index contributed by atoms with van der Waals surface area (Å²) in [6.07, 6.45) is 0.884. The van der Waals surface area contributed by atoms with E-state index < -0.39 is 32.3 Å². The molecule has 0 aliphatic heterocycles. The second-order valence-electron chi connectivity index (χ2n) is 5.93. The summed E-state index contributed by atoms with van der Waals surface area (Å²) in [5, 5.41) is 13.7. The number of nitrogens with one attached hydrogen (secondary N) is 1. The Morgan fingerprint density at radius 3 is 2.43 bits per heavy atom. The van der Waals surface area contributed by atoms with E-state index in [-0.39, 0.29) is 17.0 Å². The van der Waals surface area contributed by atoms with E-state index >= 15 is 0 Å². The maximum absolute atomic E-state index is 12.6. The first-order valence-electron chi connectivity index (χ1n) is 7.78. The molecule has 0 fully saturated rings. The molecule has 0 radical (unpaired) electrons. The molecule has 0 aromatic heterocycles. The molecule has 148 valence electrons.